The molecule has 0 fully saturated rings. The van der Waals surface area contributed by atoms with Crippen LogP contribution in [0.25, 0.3) is 11.0 Å². The van der Waals surface area contributed by atoms with E-state index in [2.05, 4.69) is 16.9 Å². The summed E-state index contributed by atoms with van der Waals surface area (Å²) < 4.78 is 11.1. The Morgan fingerprint density at radius 1 is 1.35 bits per heavy atom. The van der Waals surface area contributed by atoms with E-state index in [4.69, 9.17) is 20.8 Å². The van der Waals surface area contributed by atoms with E-state index in [9.17, 15) is 0 Å². The second-order valence-corrected chi connectivity index (χ2v) is 5.72. The molecule has 4 nitrogen and oxygen atoms in total. The number of nitrogens with zero attached hydrogens (tertiary/aromatic N) is 1. The van der Waals surface area contributed by atoms with Crippen molar-refractivity contribution in [1.29, 1.82) is 0 Å². The van der Waals surface area contributed by atoms with E-state index in [-0.39, 0.29) is 0 Å². The van der Waals surface area contributed by atoms with Crippen LogP contribution in [0.15, 0.2) is 59.4 Å². The lowest BCUT2D eigenvalue weighted by Gasteiger charge is -2.11. The topological polar surface area (TPSA) is 47.3 Å². The quantitative estimate of drug-likeness (QED) is 0.601. The van der Waals surface area contributed by atoms with E-state index >= 15 is 0 Å². The highest BCUT2D eigenvalue weighted by Gasteiger charge is 2.08. The van der Waals surface area contributed by atoms with E-state index in [0.717, 1.165) is 34.5 Å². The number of hydrogen-bond donors (Lipinski definition) is 1. The zero-order chi connectivity index (χ0) is 16.2. The number of benzene rings is 1. The minimum absolute atomic E-state index is 0.550. The number of furan rings is 1. The van der Waals surface area contributed by atoms with Gasteiger partial charge in [0.15, 0.2) is 0 Å². The molecule has 0 spiro atoms. The molecule has 3 rings (SSSR count). The number of rotatable bonds is 6. The highest BCUT2D eigenvalue weighted by Crippen LogP contribution is 2.31. The van der Waals surface area contributed by atoms with E-state index in [1.807, 2.05) is 31.2 Å². The molecule has 0 atom stereocenters. The van der Waals surface area contributed by atoms with Crippen molar-refractivity contribution in [2.24, 2.45) is 0 Å². The monoisotopic (exact) mass is 328 g/mol. The Kier molecular flexibility index (Phi) is 4.53. The standard InChI is InChI=1S/C18H17ClN2O2/c1-12(2)6-9-23-17-11-13(3-4-15(17)19)21-18-14-7-10-22-16(14)5-8-20-18/h3-5,7-8,10-11H,1,6,9H2,2H3,(H,20,21). The fourth-order valence-corrected chi connectivity index (χ4v) is 2.33. The van der Waals surface area contributed by atoms with Crippen LogP contribution in [0.2, 0.25) is 5.02 Å². The molecule has 0 saturated carbocycles. The maximum absolute atomic E-state index is 6.19. The van der Waals surface area contributed by atoms with Gasteiger partial charge in [0.1, 0.15) is 17.2 Å². The van der Waals surface area contributed by atoms with Gasteiger partial charge in [-0.2, -0.15) is 0 Å². The first kappa shape index (κ1) is 15.4. The minimum atomic E-state index is 0.550. The number of fused-ring (bicyclic) bond motifs is 1. The summed E-state index contributed by atoms with van der Waals surface area (Å²) in [6.07, 6.45) is 4.14. The number of ether oxygens (including phenoxy) is 1. The normalized spacial score (nSPS) is 10.7. The van der Waals surface area contributed by atoms with E-state index < -0.39 is 0 Å². The Bertz CT molecular complexity index is 842. The van der Waals surface area contributed by atoms with Gasteiger partial charge >= 0.3 is 0 Å². The first-order valence-corrected chi connectivity index (χ1v) is 7.67. The predicted molar refractivity (Wildman–Crippen MR) is 93.7 cm³/mol. The molecule has 1 N–H and O–H groups in total. The molecule has 2 aromatic heterocycles. The molecule has 118 valence electrons. The molecule has 2 heterocycles. The van der Waals surface area contributed by atoms with Gasteiger partial charge in [-0.15, -0.1) is 6.58 Å². The van der Waals surface area contributed by atoms with Gasteiger partial charge < -0.3 is 14.5 Å². The molecule has 0 aliphatic carbocycles. The first-order valence-electron chi connectivity index (χ1n) is 7.29. The molecule has 0 amide bonds. The van der Waals surface area contributed by atoms with Crippen molar-refractivity contribution in [2.75, 3.05) is 11.9 Å². The molecular weight excluding hydrogens is 312 g/mol. The van der Waals surface area contributed by atoms with Crippen LogP contribution in [0, 0.1) is 0 Å². The number of aromatic nitrogens is 1. The largest absolute Gasteiger partial charge is 0.492 e. The van der Waals surface area contributed by atoms with Gasteiger partial charge in [-0.1, -0.05) is 17.2 Å². The van der Waals surface area contributed by atoms with Gasteiger partial charge in [0.2, 0.25) is 0 Å². The second kappa shape index (κ2) is 6.75. The van der Waals surface area contributed by atoms with Crippen LogP contribution >= 0.6 is 11.6 Å². The fourth-order valence-electron chi connectivity index (χ4n) is 2.16. The summed E-state index contributed by atoms with van der Waals surface area (Å²) in [7, 11) is 0. The van der Waals surface area contributed by atoms with Crippen LogP contribution in [0.3, 0.4) is 0 Å². The van der Waals surface area contributed by atoms with Gasteiger partial charge in [-0.3, -0.25) is 0 Å². The van der Waals surface area contributed by atoms with E-state index in [1.165, 1.54) is 0 Å². The Hall–Kier alpha value is -2.46. The number of hydrogen-bond acceptors (Lipinski definition) is 4. The highest BCUT2D eigenvalue weighted by molar-refractivity contribution is 6.32. The Balaban J connectivity index is 1.80. The number of anilines is 2. The average molecular weight is 329 g/mol. The summed E-state index contributed by atoms with van der Waals surface area (Å²) in [4.78, 5) is 4.36. The molecule has 3 aromatic rings. The third-order valence-electron chi connectivity index (χ3n) is 3.36. The molecule has 1 aromatic carbocycles. The summed E-state index contributed by atoms with van der Waals surface area (Å²) in [6, 6.07) is 9.25. The van der Waals surface area contributed by atoms with Gasteiger partial charge in [0, 0.05) is 24.4 Å². The summed E-state index contributed by atoms with van der Waals surface area (Å²) in [5.74, 6) is 1.36. The van der Waals surface area contributed by atoms with Crippen LogP contribution in [0.4, 0.5) is 11.5 Å². The average Bonchev–Trinajstić information content (AvgIpc) is 2.99. The smallest absolute Gasteiger partial charge is 0.141 e. The molecule has 5 heteroatoms. The van der Waals surface area contributed by atoms with Crippen LogP contribution in [0.5, 0.6) is 5.75 Å². The lowest BCUT2D eigenvalue weighted by molar-refractivity contribution is 0.322. The molecule has 0 bridgehead atoms. The second-order valence-electron chi connectivity index (χ2n) is 5.32. The van der Waals surface area contributed by atoms with Gasteiger partial charge in [0.25, 0.3) is 0 Å². The van der Waals surface area contributed by atoms with Crippen LogP contribution < -0.4 is 10.1 Å². The number of nitrogens with one attached hydrogen (secondary N) is 1. The van der Waals surface area contributed by atoms with Gasteiger partial charge in [-0.05, 0) is 31.2 Å². The predicted octanol–water partition coefficient (Wildman–Crippen LogP) is 5.57. The van der Waals surface area contributed by atoms with Crippen LogP contribution in [-0.4, -0.2) is 11.6 Å². The number of pyridine rings is 1. The SMILES string of the molecule is C=C(C)CCOc1cc(Nc2nccc3occc23)ccc1Cl. The van der Waals surface area contributed by atoms with Crippen molar-refractivity contribution in [3.63, 3.8) is 0 Å². The molecule has 23 heavy (non-hydrogen) atoms. The van der Waals surface area contributed by atoms with Crippen molar-refractivity contribution >= 4 is 34.1 Å². The molecule has 0 aliphatic rings. The van der Waals surface area contributed by atoms with Gasteiger partial charge in [0.05, 0.1) is 23.3 Å². The van der Waals surface area contributed by atoms with Crippen molar-refractivity contribution in [1.82, 2.24) is 4.98 Å². The molecule has 0 saturated heterocycles. The zero-order valence-corrected chi connectivity index (χ0v) is 13.6. The molecule has 0 radical (unpaired) electrons. The lowest BCUT2D eigenvalue weighted by Crippen LogP contribution is -1.99. The van der Waals surface area contributed by atoms with E-state index in [0.29, 0.717) is 17.4 Å². The highest BCUT2D eigenvalue weighted by atomic mass is 35.5. The third kappa shape index (κ3) is 3.66. The molecular formula is C18H17ClN2O2. The molecule has 0 aliphatic heterocycles. The Labute approximate surface area is 139 Å². The maximum Gasteiger partial charge on any atom is 0.141 e. The fraction of sp³-hybridized carbons (Fsp3) is 0.167. The first-order chi connectivity index (χ1) is 11.1. The Morgan fingerprint density at radius 3 is 3.04 bits per heavy atom. The Morgan fingerprint density at radius 2 is 2.22 bits per heavy atom. The van der Waals surface area contributed by atoms with Crippen LogP contribution in [0.1, 0.15) is 13.3 Å². The van der Waals surface area contributed by atoms with Crippen molar-refractivity contribution < 1.29 is 9.15 Å². The van der Waals surface area contributed by atoms with Crippen molar-refractivity contribution in [3.05, 3.63) is 60.0 Å². The van der Waals surface area contributed by atoms with Crippen molar-refractivity contribution in [2.45, 2.75) is 13.3 Å². The maximum atomic E-state index is 6.19. The van der Waals surface area contributed by atoms with Gasteiger partial charge in [-0.25, -0.2) is 4.98 Å². The van der Waals surface area contributed by atoms with Crippen LogP contribution in [-0.2, 0) is 0 Å². The lowest BCUT2D eigenvalue weighted by atomic mass is 10.2. The zero-order valence-electron chi connectivity index (χ0n) is 12.8. The summed E-state index contributed by atoms with van der Waals surface area (Å²) >= 11 is 6.19. The summed E-state index contributed by atoms with van der Waals surface area (Å²) in [5.41, 5.74) is 2.71. The number of halogens is 1. The molecule has 0 unspecified atom stereocenters. The summed E-state index contributed by atoms with van der Waals surface area (Å²) in [6.45, 7) is 6.39. The van der Waals surface area contributed by atoms with E-state index in [1.54, 1.807) is 18.5 Å². The van der Waals surface area contributed by atoms with Crippen molar-refractivity contribution in [3.8, 4) is 5.75 Å². The minimum Gasteiger partial charge on any atom is -0.492 e. The summed E-state index contributed by atoms with van der Waals surface area (Å²) in [5, 5.41) is 4.77. The third-order valence-corrected chi connectivity index (χ3v) is 3.67.